The molecule has 2 rings (SSSR count). The van der Waals surface area contributed by atoms with Crippen LogP contribution in [0.5, 0.6) is 11.5 Å². The molecule has 122 valence electrons. The van der Waals surface area contributed by atoms with Crippen LogP contribution in [-0.2, 0) is 11.3 Å². The van der Waals surface area contributed by atoms with Gasteiger partial charge in [-0.05, 0) is 36.4 Å². The standard InChI is InChI=1S/C17H18FNO3S/c1-21-14-6-3-12(16(9-14)22-2)10-19-17(20)11-23-15-7-4-13(18)5-8-15/h3-9H,10-11H2,1-2H3,(H,19,20). The van der Waals surface area contributed by atoms with E-state index in [1.165, 1.54) is 23.9 Å². The van der Waals surface area contributed by atoms with Crippen LogP contribution >= 0.6 is 11.8 Å². The quantitative estimate of drug-likeness (QED) is 0.789. The van der Waals surface area contributed by atoms with Gasteiger partial charge in [-0.15, -0.1) is 11.8 Å². The van der Waals surface area contributed by atoms with Crippen LogP contribution < -0.4 is 14.8 Å². The van der Waals surface area contributed by atoms with Gasteiger partial charge in [-0.3, -0.25) is 4.79 Å². The molecule has 2 aromatic rings. The van der Waals surface area contributed by atoms with Crippen molar-refractivity contribution in [2.45, 2.75) is 11.4 Å². The molecule has 4 nitrogen and oxygen atoms in total. The van der Waals surface area contributed by atoms with Crippen LogP contribution in [0.1, 0.15) is 5.56 Å². The van der Waals surface area contributed by atoms with E-state index in [0.717, 1.165) is 10.5 Å². The monoisotopic (exact) mass is 335 g/mol. The number of halogens is 1. The Kier molecular flexibility index (Phi) is 6.29. The Balaban J connectivity index is 1.85. The van der Waals surface area contributed by atoms with E-state index in [9.17, 15) is 9.18 Å². The van der Waals surface area contributed by atoms with Crippen molar-refractivity contribution in [2.75, 3.05) is 20.0 Å². The number of hydrogen-bond acceptors (Lipinski definition) is 4. The summed E-state index contributed by atoms with van der Waals surface area (Å²) >= 11 is 1.36. The predicted molar refractivity (Wildman–Crippen MR) is 88.5 cm³/mol. The van der Waals surface area contributed by atoms with Crippen molar-refractivity contribution in [2.24, 2.45) is 0 Å². The summed E-state index contributed by atoms with van der Waals surface area (Å²) in [5.74, 6) is 1.24. The molecule has 23 heavy (non-hydrogen) atoms. The second-order valence-electron chi connectivity index (χ2n) is 4.70. The Morgan fingerprint density at radius 2 is 1.87 bits per heavy atom. The van der Waals surface area contributed by atoms with Crippen molar-refractivity contribution in [1.82, 2.24) is 5.32 Å². The molecule has 0 aliphatic heterocycles. The second kappa shape index (κ2) is 8.43. The topological polar surface area (TPSA) is 47.6 Å². The van der Waals surface area contributed by atoms with Crippen LogP contribution in [0.25, 0.3) is 0 Å². The lowest BCUT2D eigenvalue weighted by molar-refractivity contribution is -0.118. The van der Waals surface area contributed by atoms with Gasteiger partial charge < -0.3 is 14.8 Å². The minimum atomic E-state index is -0.287. The number of nitrogens with one attached hydrogen (secondary N) is 1. The molecule has 1 amide bonds. The maximum Gasteiger partial charge on any atom is 0.230 e. The van der Waals surface area contributed by atoms with Gasteiger partial charge in [-0.25, -0.2) is 4.39 Å². The van der Waals surface area contributed by atoms with Crippen LogP contribution in [0.2, 0.25) is 0 Å². The molecule has 1 N–H and O–H groups in total. The van der Waals surface area contributed by atoms with Crippen LogP contribution in [0.3, 0.4) is 0 Å². The molecule has 0 bridgehead atoms. The highest BCUT2D eigenvalue weighted by Crippen LogP contribution is 2.24. The summed E-state index contributed by atoms with van der Waals surface area (Å²) in [4.78, 5) is 12.8. The van der Waals surface area contributed by atoms with Gasteiger partial charge in [0.05, 0.1) is 20.0 Å². The van der Waals surface area contributed by atoms with Gasteiger partial charge in [0.2, 0.25) is 5.91 Å². The molecule has 0 aliphatic rings. The Morgan fingerprint density at radius 1 is 1.13 bits per heavy atom. The van der Waals surface area contributed by atoms with Crippen molar-refractivity contribution >= 4 is 17.7 Å². The van der Waals surface area contributed by atoms with E-state index in [4.69, 9.17) is 9.47 Å². The highest BCUT2D eigenvalue weighted by Gasteiger charge is 2.08. The summed E-state index contributed by atoms with van der Waals surface area (Å²) in [7, 11) is 3.16. The number of benzene rings is 2. The molecule has 0 spiro atoms. The van der Waals surface area contributed by atoms with E-state index in [1.54, 1.807) is 32.4 Å². The molecule has 0 heterocycles. The van der Waals surface area contributed by atoms with Crippen molar-refractivity contribution in [1.29, 1.82) is 0 Å². The maximum absolute atomic E-state index is 12.8. The van der Waals surface area contributed by atoms with E-state index < -0.39 is 0 Å². The zero-order valence-corrected chi connectivity index (χ0v) is 13.8. The summed E-state index contributed by atoms with van der Waals surface area (Å²) in [6.45, 7) is 0.371. The molecule has 0 radical (unpaired) electrons. The highest BCUT2D eigenvalue weighted by atomic mass is 32.2. The van der Waals surface area contributed by atoms with Gasteiger partial charge >= 0.3 is 0 Å². The molecule has 0 atom stereocenters. The van der Waals surface area contributed by atoms with Crippen molar-refractivity contribution in [3.05, 3.63) is 53.8 Å². The first kappa shape index (κ1) is 17.1. The molecular weight excluding hydrogens is 317 g/mol. The van der Waals surface area contributed by atoms with Gasteiger partial charge in [-0.1, -0.05) is 0 Å². The summed E-state index contributed by atoms with van der Waals surface area (Å²) in [5.41, 5.74) is 0.869. The number of methoxy groups -OCH3 is 2. The number of ether oxygens (including phenoxy) is 2. The smallest absolute Gasteiger partial charge is 0.230 e. The van der Waals surface area contributed by atoms with Crippen molar-refractivity contribution < 1.29 is 18.7 Å². The molecule has 6 heteroatoms. The SMILES string of the molecule is COc1ccc(CNC(=O)CSc2ccc(F)cc2)c(OC)c1. The third-order valence-electron chi connectivity index (χ3n) is 3.15. The zero-order chi connectivity index (χ0) is 16.7. The van der Waals surface area contributed by atoms with Gasteiger partial charge in [0.25, 0.3) is 0 Å². The van der Waals surface area contributed by atoms with E-state index >= 15 is 0 Å². The Hall–Kier alpha value is -2.21. The Morgan fingerprint density at radius 3 is 2.52 bits per heavy atom. The Bertz CT molecular complexity index is 661. The van der Waals surface area contributed by atoms with Gasteiger partial charge in [0.1, 0.15) is 17.3 Å². The average molecular weight is 335 g/mol. The summed E-state index contributed by atoms with van der Waals surface area (Å²) < 4.78 is 23.2. The minimum absolute atomic E-state index is 0.0998. The molecule has 2 aromatic carbocycles. The van der Waals surface area contributed by atoms with Gasteiger partial charge in [0, 0.05) is 23.1 Å². The van der Waals surface area contributed by atoms with E-state index in [2.05, 4.69) is 5.32 Å². The lowest BCUT2D eigenvalue weighted by Crippen LogP contribution is -2.24. The third kappa shape index (κ3) is 5.17. The highest BCUT2D eigenvalue weighted by molar-refractivity contribution is 8.00. The number of hydrogen-bond donors (Lipinski definition) is 1. The molecule has 0 fully saturated rings. The van der Waals surface area contributed by atoms with Gasteiger partial charge in [0.15, 0.2) is 0 Å². The number of thioether (sulfide) groups is 1. The normalized spacial score (nSPS) is 10.2. The molecule has 0 aliphatic carbocycles. The molecule has 0 saturated carbocycles. The molecule has 0 unspecified atom stereocenters. The first-order valence-corrected chi connectivity index (χ1v) is 7.97. The van der Waals surface area contributed by atoms with Gasteiger partial charge in [-0.2, -0.15) is 0 Å². The fourth-order valence-corrected chi connectivity index (χ4v) is 2.65. The lowest BCUT2D eigenvalue weighted by Gasteiger charge is -2.11. The summed E-state index contributed by atoms with van der Waals surface area (Å²) in [6.07, 6.45) is 0. The lowest BCUT2D eigenvalue weighted by atomic mass is 10.2. The zero-order valence-electron chi connectivity index (χ0n) is 13.0. The molecule has 0 saturated heterocycles. The summed E-state index contributed by atoms with van der Waals surface area (Å²) in [5, 5.41) is 2.84. The maximum atomic E-state index is 12.8. The van der Waals surface area contributed by atoms with Crippen LogP contribution in [0.4, 0.5) is 4.39 Å². The van der Waals surface area contributed by atoms with Crippen LogP contribution in [0.15, 0.2) is 47.4 Å². The fraction of sp³-hybridized carbons (Fsp3) is 0.235. The second-order valence-corrected chi connectivity index (χ2v) is 5.75. The van der Waals surface area contributed by atoms with Crippen molar-refractivity contribution in [3.8, 4) is 11.5 Å². The van der Waals surface area contributed by atoms with E-state index in [1.807, 2.05) is 12.1 Å². The fourth-order valence-electron chi connectivity index (χ4n) is 1.92. The minimum Gasteiger partial charge on any atom is -0.497 e. The number of amides is 1. The number of carbonyl (C=O) groups excluding carboxylic acids is 1. The third-order valence-corrected chi connectivity index (χ3v) is 4.17. The first-order chi connectivity index (χ1) is 11.1. The number of rotatable bonds is 7. The van der Waals surface area contributed by atoms with E-state index in [0.29, 0.717) is 18.0 Å². The van der Waals surface area contributed by atoms with E-state index in [-0.39, 0.29) is 17.5 Å². The van der Waals surface area contributed by atoms with Crippen molar-refractivity contribution in [3.63, 3.8) is 0 Å². The summed E-state index contributed by atoms with van der Waals surface area (Å²) in [6, 6.07) is 11.5. The number of carbonyl (C=O) groups is 1. The average Bonchev–Trinajstić information content (AvgIpc) is 2.59. The molecule has 0 aromatic heterocycles. The first-order valence-electron chi connectivity index (χ1n) is 6.98. The van der Waals surface area contributed by atoms with Crippen LogP contribution in [0, 0.1) is 5.82 Å². The van der Waals surface area contributed by atoms with Crippen LogP contribution in [-0.4, -0.2) is 25.9 Å². The Labute approximate surface area is 139 Å². The molecular formula is C17H18FNO3S. The predicted octanol–water partition coefficient (Wildman–Crippen LogP) is 3.25. The largest absolute Gasteiger partial charge is 0.497 e.